The lowest BCUT2D eigenvalue weighted by Crippen LogP contribution is -2.47. The lowest BCUT2D eigenvalue weighted by Gasteiger charge is -2.22. The molecule has 140 valence electrons. The summed E-state index contributed by atoms with van der Waals surface area (Å²) in [5.41, 5.74) is 1.88. The molecule has 2 amide bonds. The minimum Gasteiger partial charge on any atom is -0.296 e. The van der Waals surface area contributed by atoms with Crippen LogP contribution < -0.4 is 10.6 Å². The van der Waals surface area contributed by atoms with Crippen LogP contribution in [0.15, 0.2) is 53.5 Å². The van der Waals surface area contributed by atoms with Crippen molar-refractivity contribution in [3.8, 4) is 0 Å². The van der Waals surface area contributed by atoms with Crippen LogP contribution in [0.5, 0.6) is 0 Å². The highest BCUT2D eigenvalue weighted by Crippen LogP contribution is 2.26. The van der Waals surface area contributed by atoms with E-state index in [1.54, 1.807) is 30.3 Å². The average Bonchev–Trinajstić information content (AvgIpc) is 2.61. The molecular weight excluding hydrogens is 345 g/mol. The second-order valence-corrected chi connectivity index (χ2v) is 7.55. The van der Waals surface area contributed by atoms with E-state index >= 15 is 0 Å². The summed E-state index contributed by atoms with van der Waals surface area (Å²) in [6.07, 6.45) is 0.0284. The molecule has 0 radical (unpaired) electrons. The first-order valence-electron chi connectivity index (χ1n) is 8.78. The van der Waals surface area contributed by atoms with Crippen molar-refractivity contribution in [3.05, 3.63) is 71.0 Å². The smallest absolute Gasteiger partial charge is 0.257 e. The Bertz CT molecular complexity index is 898. The van der Waals surface area contributed by atoms with E-state index in [0.717, 1.165) is 5.56 Å². The van der Waals surface area contributed by atoms with Crippen LogP contribution in [-0.4, -0.2) is 17.8 Å². The quantitative estimate of drug-likeness (QED) is 0.853. The maximum atomic E-state index is 14.0. The molecule has 0 saturated heterocycles. The summed E-state index contributed by atoms with van der Waals surface area (Å²) in [5, 5.41) is 5.13. The van der Waals surface area contributed by atoms with Crippen LogP contribution in [0.1, 0.15) is 54.7 Å². The number of hydrogen-bond donors (Lipinski definition) is 2. The van der Waals surface area contributed by atoms with Gasteiger partial charge in [-0.15, -0.1) is 0 Å². The van der Waals surface area contributed by atoms with Gasteiger partial charge in [-0.2, -0.15) is 0 Å². The highest BCUT2D eigenvalue weighted by atomic mass is 19.1. The predicted octanol–water partition coefficient (Wildman–Crippen LogP) is 3.47. The number of carbonyl (C=O) groups is 2. The van der Waals surface area contributed by atoms with Crippen LogP contribution in [0.25, 0.3) is 0 Å². The van der Waals surface area contributed by atoms with Gasteiger partial charge in [0.25, 0.3) is 5.91 Å². The van der Waals surface area contributed by atoms with Crippen LogP contribution in [0, 0.1) is 5.82 Å². The topological polar surface area (TPSA) is 70.6 Å². The molecule has 2 aromatic carbocycles. The molecule has 0 unspecified atom stereocenters. The van der Waals surface area contributed by atoms with Gasteiger partial charge in [-0.05, 0) is 29.2 Å². The van der Waals surface area contributed by atoms with Crippen molar-refractivity contribution in [2.45, 2.75) is 38.6 Å². The molecule has 0 aromatic heterocycles. The van der Waals surface area contributed by atoms with Gasteiger partial charge in [-0.25, -0.2) is 9.38 Å². The molecule has 0 fully saturated rings. The van der Waals surface area contributed by atoms with Gasteiger partial charge in [-0.1, -0.05) is 51.1 Å². The highest BCUT2D eigenvalue weighted by Gasteiger charge is 2.25. The van der Waals surface area contributed by atoms with E-state index in [1.807, 2.05) is 12.1 Å². The second-order valence-electron chi connectivity index (χ2n) is 7.55. The molecule has 5 nitrogen and oxygen atoms in total. The van der Waals surface area contributed by atoms with Gasteiger partial charge in [0.2, 0.25) is 11.9 Å². The van der Waals surface area contributed by atoms with E-state index in [9.17, 15) is 14.0 Å². The van der Waals surface area contributed by atoms with Crippen LogP contribution in [0.3, 0.4) is 0 Å². The molecular formula is C21H22FN3O2. The van der Waals surface area contributed by atoms with E-state index < -0.39 is 11.9 Å². The molecule has 0 aliphatic carbocycles. The minimum atomic E-state index is -0.668. The maximum absolute atomic E-state index is 14.0. The average molecular weight is 367 g/mol. The Morgan fingerprint density at radius 2 is 1.81 bits per heavy atom. The number of hydrogen-bond acceptors (Lipinski definition) is 3. The third-order valence-electron chi connectivity index (χ3n) is 4.43. The normalized spacial score (nSPS) is 17.1. The Morgan fingerprint density at radius 1 is 1.15 bits per heavy atom. The van der Waals surface area contributed by atoms with Gasteiger partial charge in [0.1, 0.15) is 5.82 Å². The molecule has 2 N–H and O–H groups in total. The summed E-state index contributed by atoms with van der Waals surface area (Å²) in [6.45, 7) is 6.28. The zero-order chi connectivity index (χ0) is 19.6. The Labute approximate surface area is 157 Å². The fraction of sp³-hybridized carbons (Fsp3) is 0.286. The molecule has 3 rings (SSSR count). The standard InChI is InChI=1S/C21H22FN3O2/c1-21(2,3)14-10-8-13(9-11-14)19(27)25-20-23-17(12-18(26)24-20)15-6-4-5-7-16(15)22/h4-11,17H,12H2,1-3H3,(H2,23,24,25,26,27)/t17-/m0/s1. The number of benzene rings is 2. The third-order valence-corrected chi connectivity index (χ3v) is 4.43. The Kier molecular flexibility index (Phi) is 5.08. The van der Waals surface area contributed by atoms with Gasteiger partial charge in [0, 0.05) is 11.1 Å². The van der Waals surface area contributed by atoms with Crippen LogP contribution >= 0.6 is 0 Å². The largest absolute Gasteiger partial charge is 0.296 e. The number of guanidine groups is 1. The molecule has 0 saturated carbocycles. The summed E-state index contributed by atoms with van der Waals surface area (Å²) in [6, 6.07) is 12.8. The van der Waals surface area contributed by atoms with Gasteiger partial charge >= 0.3 is 0 Å². The molecule has 0 bridgehead atoms. The molecule has 1 atom stereocenters. The third kappa shape index (κ3) is 4.39. The maximum Gasteiger partial charge on any atom is 0.257 e. The summed E-state index contributed by atoms with van der Waals surface area (Å²) in [7, 11) is 0. The van der Waals surface area contributed by atoms with E-state index in [4.69, 9.17) is 0 Å². The molecule has 1 heterocycles. The van der Waals surface area contributed by atoms with E-state index in [0.29, 0.717) is 11.1 Å². The number of nitrogens with zero attached hydrogens (tertiary/aromatic N) is 1. The molecule has 1 aliphatic rings. The fourth-order valence-electron chi connectivity index (χ4n) is 2.88. The van der Waals surface area contributed by atoms with Gasteiger partial charge in [0.15, 0.2) is 0 Å². The molecule has 0 spiro atoms. The number of nitrogens with one attached hydrogen (secondary N) is 2. The van der Waals surface area contributed by atoms with Gasteiger partial charge < -0.3 is 0 Å². The van der Waals surface area contributed by atoms with Crippen LogP contribution in [0.2, 0.25) is 0 Å². The first kappa shape index (κ1) is 18.8. The molecule has 2 aromatic rings. The number of halogens is 1. The van der Waals surface area contributed by atoms with Crippen molar-refractivity contribution in [2.24, 2.45) is 4.99 Å². The van der Waals surface area contributed by atoms with Crippen LogP contribution in [-0.2, 0) is 10.2 Å². The number of amides is 2. The van der Waals surface area contributed by atoms with Crippen molar-refractivity contribution in [2.75, 3.05) is 0 Å². The van der Waals surface area contributed by atoms with Crippen molar-refractivity contribution in [1.82, 2.24) is 10.6 Å². The second kappa shape index (κ2) is 7.31. The minimum absolute atomic E-state index is 0.0105. The van der Waals surface area contributed by atoms with Gasteiger partial charge in [0.05, 0.1) is 12.5 Å². The zero-order valence-corrected chi connectivity index (χ0v) is 15.5. The molecule has 6 heteroatoms. The van der Waals surface area contributed by atoms with E-state index in [2.05, 4.69) is 36.4 Å². The van der Waals surface area contributed by atoms with Crippen molar-refractivity contribution in [3.63, 3.8) is 0 Å². The first-order valence-corrected chi connectivity index (χ1v) is 8.78. The predicted molar refractivity (Wildman–Crippen MR) is 102 cm³/mol. The number of carbonyl (C=O) groups excluding carboxylic acids is 2. The SMILES string of the molecule is CC(C)(C)c1ccc(C(=O)NC2=N[C@H](c3ccccc3F)CC(=O)N2)cc1. The summed E-state index contributed by atoms with van der Waals surface area (Å²) in [4.78, 5) is 28.7. The van der Waals surface area contributed by atoms with Gasteiger partial charge in [-0.3, -0.25) is 20.2 Å². The van der Waals surface area contributed by atoms with Crippen LogP contribution in [0.4, 0.5) is 4.39 Å². The van der Waals surface area contributed by atoms with E-state index in [1.165, 1.54) is 6.07 Å². The summed E-state index contributed by atoms with van der Waals surface area (Å²) in [5.74, 6) is -1.10. The fourth-order valence-corrected chi connectivity index (χ4v) is 2.88. The molecule has 27 heavy (non-hydrogen) atoms. The lowest BCUT2D eigenvalue weighted by atomic mass is 9.87. The van der Waals surface area contributed by atoms with Crippen molar-refractivity contribution < 1.29 is 14.0 Å². The number of rotatable bonds is 2. The van der Waals surface area contributed by atoms with Crippen molar-refractivity contribution >= 4 is 17.8 Å². The number of aliphatic imine (C=N–C) groups is 1. The molecule has 1 aliphatic heterocycles. The van der Waals surface area contributed by atoms with E-state index in [-0.39, 0.29) is 29.6 Å². The van der Waals surface area contributed by atoms with Crippen molar-refractivity contribution in [1.29, 1.82) is 0 Å². The zero-order valence-electron chi connectivity index (χ0n) is 15.5. The Morgan fingerprint density at radius 3 is 2.44 bits per heavy atom. The highest BCUT2D eigenvalue weighted by molar-refractivity contribution is 6.10. The summed E-state index contributed by atoms with van der Waals surface area (Å²) < 4.78 is 14.0. The Balaban J connectivity index is 1.78. The monoisotopic (exact) mass is 367 g/mol. The lowest BCUT2D eigenvalue weighted by molar-refractivity contribution is -0.120. The summed E-state index contributed by atoms with van der Waals surface area (Å²) >= 11 is 0. The Hall–Kier alpha value is -3.02. The first-order chi connectivity index (χ1) is 12.7.